The number of unbranched alkanes of at least 4 members (excludes halogenated alkanes) is 3. The fourth-order valence-electron chi connectivity index (χ4n) is 2.43. The molecule has 0 saturated heterocycles. The van der Waals surface area contributed by atoms with Crippen LogP contribution in [-0.4, -0.2) is 25.5 Å². The molecular formula is C18H38O3Si. The smallest absolute Gasteiger partial charge is 0.308 e. The van der Waals surface area contributed by atoms with Crippen LogP contribution in [-0.2, 0) is 9.22 Å². The summed E-state index contributed by atoms with van der Waals surface area (Å²) in [6.45, 7) is 17.2. The Labute approximate surface area is 139 Å². The van der Waals surface area contributed by atoms with Crippen LogP contribution in [0.25, 0.3) is 0 Å². The monoisotopic (exact) mass is 330 g/mol. The highest BCUT2D eigenvalue weighted by atomic mass is 28.4. The van der Waals surface area contributed by atoms with Crippen molar-refractivity contribution < 1.29 is 14.3 Å². The first-order valence-electron chi connectivity index (χ1n) is 8.84. The highest BCUT2D eigenvalue weighted by Crippen LogP contribution is 2.39. The average Bonchev–Trinajstić information content (AvgIpc) is 2.38. The largest absolute Gasteiger partial charge is 0.481 e. The molecule has 0 aliphatic carbocycles. The van der Waals surface area contributed by atoms with Gasteiger partial charge in [-0.15, -0.1) is 0 Å². The van der Waals surface area contributed by atoms with Gasteiger partial charge in [-0.25, -0.2) is 0 Å². The van der Waals surface area contributed by atoms with Gasteiger partial charge >= 0.3 is 5.97 Å². The van der Waals surface area contributed by atoms with Gasteiger partial charge in [0, 0.05) is 0 Å². The molecule has 0 unspecified atom stereocenters. The molecule has 0 aromatic carbocycles. The number of carboxylic acids is 1. The van der Waals surface area contributed by atoms with E-state index in [1.165, 1.54) is 25.7 Å². The van der Waals surface area contributed by atoms with E-state index in [2.05, 4.69) is 47.7 Å². The normalized spacial score (nSPS) is 17.1. The summed E-state index contributed by atoms with van der Waals surface area (Å²) in [5, 5.41) is 9.55. The van der Waals surface area contributed by atoms with E-state index in [9.17, 15) is 9.90 Å². The number of rotatable bonds is 10. The van der Waals surface area contributed by atoms with Crippen molar-refractivity contribution in [1.29, 1.82) is 0 Å². The first-order valence-corrected chi connectivity index (χ1v) is 11.8. The maximum absolute atomic E-state index is 11.5. The first kappa shape index (κ1) is 21.6. The third-order valence-corrected chi connectivity index (χ3v) is 9.67. The van der Waals surface area contributed by atoms with Crippen molar-refractivity contribution in [2.45, 2.75) is 97.9 Å². The minimum Gasteiger partial charge on any atom is -0.481 e. The fraction of sp³-hybridized carbons (Fsp3) is 0.944. The number of aliphatic carboxylic acids is 1. The zero-order valence-corrected chi connectivity index (χ0v) is 17.0. The predicted molar refractivity (Wildman–Crippen MR) is 96.8 cm³/mol. The minimum atomic E-state index is -1.96. The van der Waals surface area contributed by atoms with Crippen molar-refractivity contribution in [1.82, 2.24) is 0 Å². The summed E-state index contributed by atoms with van der Waals surface area (Å²) in [6.07, 6.45) is 5.75. The number of carbonyl (C=O) groups is 1. The summed E-state index contributed by atoms with van der Waals surface area (Å²) in [5.74, 6) is -0.906. The lowest BCUT2D eigenvalue weighted by Crippen LogP contribution is -2.48. The summed E-state index contributed by atoms with van der Waals surface area (Å²) in [4.78, 5) is 11.5. The van der Waals surface area contributed by atoms with Gasteiger partial charge in [0.1, 0.15) is 0 Å². The van der Waals surface area contributed by atoms with E-state index in [1.807, 2.05) is 0 Å². The van der Waals surface area contributed by atoms with Crippen molar-refractivity contribution >= 4 is 14.3 Å². The Hall–Kier alpha value is -0.353. The predicted octanol–water partition coefficient (Wildman–Crippen LogP) is 5.70. The summed E-state index contributed by atoms with van der Waals surface area (Å²) in [7, 11) is -1.96. The second-order valence-electron chi connectivity index (χ2n) is 8.30. The van der Waals surface area contributed by atoms with Gasteiger partial charge in [0.15, 0.2) is 8.32 Å². The molecule has 132 valence electrons. The molecule has 3 atom stereocenters. The standard InChI is InChI=1S/C18H38O3Si/c1-9-10-11-12-13-14(2)16(15(3)17(19)20)21-22(7,8)18(4,5)6/h14-16H,9-13H2,1-8H3,(H,19,20)/t14-,15+,16+/m0/s1. The molecule has 0 aliphatic rings. The lowest BCUT2D eigenvalue weighted by atomic mass is 9.89. The molecule has 4 heteroatoms. The van der Waals surface area contributed by atoms with Gasteiger partial charge in [0.2, 0.25) is 0 Å². The highest BCUT2D eigenvalue weighted by Gasteiger charge is 2.42. The molecule has 0 aromatic rings. The molecule has 0 bridgehead atoms. The van der Waals surface area contributed by atoms with E-state index in [0.717, 1.165) is 6.42 Å². The summed E-state index contributed by atoms with van der Waals surface area (Å²) < 4.78 is 6.50. The van der Waals surface area contributed by atoms with Crippen LogP contribution in [0, 0.1) is 11.8 Å². The molecule has 0 aliphatic heterocycles. The maximum Gasteiger partial charge on any atom is 0.308 e. The van der Waals surface area contributed by atoms with Crippen LogP contribution in [0.15, 0.2) is 0 Å². The summed E-state index contributed by atoms with van der Waals surface area (Å²) in [6, 6.07) is 0. The Morgan fingerprint density at radius 3 is 2.09 bits per heavy atom. The third kappa shape index (κ3) is 6.82. The van der Waals surface area contributed by atoms with Gasteiger partial charge in [-0.2, -0.15) is 0 Å². The van der Waals surface area contributed by atoms with Crippen LogP contribution in [0.5, 0.6) is 0 Å². The number of hydrogen-bond donors (Lipinski definition) is 1. The molecule has 0 fully saturated rings. The number of carboxylic acid groups (broad SMARTS) is 1. The van der Waals surface area contributed by atoms with Crippen LogP contribution in [0.4, 0.5) is 0 Å². The van der Waals surface area contributed by atoms with Gasteiger partial charge in [0.05, 0.1) is 12.0 Å². The van der Waals surface area contributed by atoms with E-state index in [0.29, 0.717) is 0 Å². The van der Waals surface area contributed by atoms with Gasteiger partial charge in [-0.3, -0.25) is 4.79 Å². The van der Waals surface area contributed by atoms with Gasteiger partial charge < -0.3 is 9.53 Å². The summed E-state index contributed by atoms with van der Waals surface area (Å²) in [5.41, 5.74) is 0. The zero-order valence-electron chi connectivity index (χ0n) is 16.0. The van der Waals surface area contributed by atoms with Gasteiger partial charge in [-0.1, -0.05) is 60.3 Å². The summed E-state index contributed by atoms with van der Waals surface area (Å²) >= 11 is 0. The van der Waals surface area contributed by atoms with E-state index >= 15 is 0 Å². The maximum atomic E-state index is 11.5. The van der Waals surface area contributed by atoms with Gasteiger partial charge in [0.25, 0.3) is 0 Å². The van der Waals surface area contributed by atoms with Crippen LogP contribution >= 0.6 is 0 Å². The van der Waals surface area contributed by atoms with Crippen molar-refractivity contribution in [3.05, 3.63) is 0 Å². The van der Waals surface area contributed by atoms with Crippen LogP contribution in [0.2, 0.25) is 18.1 Å². The van der Waals surface area contributed by atoms with E-state index in [1.54, 1.807) is 6.92 Å². The average molecular weight is 331 g/mol. The second kappa shape index (κ2) is 9.07. The topological polar surface area (TPSA) is 46.5 Å². The second-order valence-corrected chi connectivity index (χ2v) is 13.1. The lowest BCUT2D eigenvalue weighted by Gasteiger charge is -2.42. The molecule has 0 heterocycles. The van der Waals surface area contributed by atoms with E-state index < -0.39 is 20.2 Å². The highest BCUT2D eigenvalue weighted by molar-refractivity contribution is 6.74. The Morgan fingerprint density at radius 1 is 1.14 bits per heavy atom. The van der Waals surface area contributed by atoms with Crippen molar-refractivity contribution in [3.63, 3.8) is 0 Å². The lowest BCUT2D eigenvalue weighted by molar-refractivity contribution is -0.145. The Bertz CT molecular complexity index is 334. The third-order valence-electron chi connectivity index (χ3n) is 5.19. The van der Waals surface area contributed by atoms with Crippen molar-refractivity contribution in [2.75, 3.05) is 0 Å². The quantitative estimate of drug-likeness (QED) is 0.412. The van der Waals surface area contributed by atoms with Crippen LogP contribution in [0.1, 0.15) is 73.6 Å². The first-order chi connectivity index (χ1) is 9.94. The molecule has 0 radical (unpaired) electrons. The fourth-order valence-corrected chi connectivity index (χ4v) is 3.90. The van der Waals surface area contributed by atoms with Crippen molar-refractivity contribution in [2.24, 2.45) is 11.8 Å². The molecular weight excluding hydrogens is 292 g/mol. The Balaban J connectivity index is 4.94. The molecule has 1 N–H and O–H groups in total. The number of hydrogen-bond acceptors (Lipinski definition) is 2. The Morgan fingerprint density at radius 2 is 1.68 bits per heavy atom. The molecule has 0 aromatic heterocycles. The molecule has 3 nitrogen and oxygen atoms in total. The molecule has 0 rings (SSSR count). The SMILES string of the molecule is CCCCCC[C@H](C)[C@@H](O[Si](C)(C)C(C)(C)C)[C@@H](C)C(=O)O. The van der Waals surface area contributed by atoms with Crippen LogP contribution < -0.4 is 0 Å². The van der Waals surface area contributed by atoms with E-state index in [-0.39, 0.29) is 17.1 Å². The molecule has 0 spiro atoms. The molecule has 0 saturated carbocycles. The molecule has 22 heavy (non-hydrogen) atoms. The zero-order chi connectivity index (χ0) is 17.6. The minimum absolute atomic E-state index is 0.103. The van der Waals surface area contributed by atoms with E-state index in [4.69, 9.17) is 4.43 Å². The Kier molecular flexibility index (Phi) is 8.92. The molecule has 0 amide bonds. The van der Waals surface area contributed by atoms with Crippen LogP contribution in [0.3, 0.4) is 0 Å². The van der Waals surface area contributed by atoms with Crippen molar-refractivity contribution in [3.8, 4) is 0 Å². The van der Waals surface area contributed by atoms with Gasteiger partial charge in [-0.05, 0) is 37.4 Å².